The summed E-state index contributed by atoms with van der Waals surface area (Å²) in [5, 5.41) is 3.31. The zero-order chi connectivity index (χ0) is 17.8. The van der Waals surface area contributed by atoms with Crippen LogP contribution in [0.1, 0.15) is 17.5 Å². The van der Waals surface area contributed by atoms with Gasteiger partial charge in [-0.25, -0.2) is 0 Å². The van der Waals surface area contributed by atoms with Gasteiger partial charge < -0.3 is 15.0 Å². The van der Waals surface area contributed by atoms with E-state index in [9.17, 15) is 9.59 Å². The summed E-state index contributed by atoms with van der Waals surface area (Å²) in [6.07, 6.45) is 1.51. The van der Waals surface area contributed by atoms with Crippen molar-refractivity contribution < 1.29 is 14.3 Å². The summed E-state index contributed by atoms with van der Waals surface area (Å²) in [4.78, 5) is 27.5. The number of carbonyl (C=O) groups excluding carboxylic acids is 2. The van der Waals surface area contributed by atoms with Gasteiger partial charge in [0.05, 0.1) is 12.5 Å². The van der Waals surface area contributed by atoms with E-state index in [1.54, 1.807) is 6.07 Å². The lowest BCUT2D eigenvalue weighted by atomic mass is 10.0. The molecule has 7 heteroatoms. The topological polar surface area (TPSA) is 61.9 Å². The molecule has 0 saturated carbocycles. The minimum atomic E-state index is 0.0405. The van der Waals surface area contributed by atoms with Crippen molar-refractivity contribution in [2.45, 2.75) is 19.9 Å². The Morgan fingerprint density at radius 2 is 2.12 bits per heavy atom. The van der Waals surface area contributed by atoms with Crippen molar-refractivity contribution in [1.82, 2.24) is 9.80 Å². The highest BCUT2D eigenvalue weighted by atomic mass is 35.5. The van der Waals surface area contributed by atoms with Crippen LogP contribution in [0.2, 0.25) is 5.02 Å². The smallest absolute Gasteiger partial charge is 0.228 e. The quantitative estimate of drug-likeness (QED) is 0.809. The van der Waals surface area contributed by atoms with E-state index in [0.29, 0.717) is 24.6 Å². The molecule has 1 unspecified atom stereocenters. The number of nitrogens with one attached hydrogen (secondary N) is 1. The van der Waals surface area contributed by atoms with Gasteiger partial charge in [-0.05, 0) is 36.6 Å². The minimum absolute atomic E-state index is 0.0405. The van der Waals surface area contributed by atoms with E-state index in [0.717, 1.165) is 56.0 Å². The number of rotatable bonds is 5. The Bertz CT molecular complexity index is 639. The number of halogens is 1. The SMILES string of the molecule is Cc1c(CN2CCN(C(=O)C3CCOC3)CC2)cc(Cl)cc1NC=O. The number of anilines is 1. The number of nitrogens with zero attached hydrogens (tertiary/aromatic N) is 2. The molecule has 0 aromatic heterocycles. The van der Waals surface area contributed by atoms with Crippen molar-refractivity contribution in [1.29, 1.82) is 0 Å². The van der Waals surface area contributed by atoms with Crippen LogP contribution in [0.15, 0.2) is 12.1 Å². The molecule has 2 amide bonds. The van der Waals surface area contributed by atoms with Crippen LogP contribution in [0.25, 0.3) is 0 Å². The highest BCUT2D eigenvalue weighted by molar-refractivity contribution is 6.31. The predicted octanol–water partition coefficient (Wildman–Crippen LogP) is 1.90. The number of hydrogen-bond acceptors (Lipinski definition) is 4. The van der Waals surface area contributed by atoms with Gasteiger partial charge in [-0.1, -0.05) is 11.6 Å². The lowest BCUT2D eigenvalue weighted by Crippen LogP contribution is -2.50. The van der Waals surface area contributed by atoms with E-state index in [-0.39, 0.29) is 11.8 Å². The Morgan fingerprint density at radius 1 is 1.36 bits per heavy atom. The molecule has 2 aliphatic heterocycles. The second kappa shape index (κ2) is 8.17. The van der Waals surface area contributed by atoms with Crippen LogP contribution in [0.5, 0.6) is 0 Å². The Labute approximate surface area is 153 Å². The fourth-order valence-electron chi connectivity index (χ4n) is 3.47. The maximum Gasteiger partial charge on any atom is 0.228 e. The van der Waals surface area contributed by atoms with Gasteiger partial charge >= 0.3 is 0 Å². The molecule has 136 valence electrons. The summed E-state index contributed by atoms with van der Waals surface area (Å²) >= 11 is 6.17. The summed E-state index contributed by atoms with van der Waals surface area (Å²) in [6.45, 7) is 7.16. The molecular weight excluding hydrogens is 342 g/mol. The normalized spacial score (nSPS) is 21.4. The first-order chi connectivity index (χ1) is 12.1. The van der Waals surface area contributed by atoms with Crippen molar-refractivity contribution in [2.75, 3.05) is 44.7 Å². The molecule has 25 heavy (non-hydrogen) atoms. The molecule has 6 nitrogen and oxygen atoms in total. The number of ether oxygens (including phenoxy) is 1. The molecule has 1 atom stereocenters. The van der Waals surface area contributed by atoms with Crippen molar-refractivity contribution in [3.05, 3.63) is 28.3 Å². The second-order valence-electron chi connectivity index (χ2n) is 6.66. The number of benzene rings is 1. The Morgan fingerprint density at radius 3 is 2.76 bits per heavy atom. The number of carbonyl (C=O) groups is 2. The number of piperazine rings is 1. The summed E-state index contributed by atoms with van der Waals surface area (Å²) < 4.78 is 5.32. The molecule has 1 N–H and O–H groups in total. The molecular formula is C18H24ClN3O3. The van der Waals surface area contributed by atoms with Crippen LogP contribution in [0.4, 0.5) is 5.69 Å². The van der Waals surface area contributed by atoms with Gasteiger partial charge in [0.2, 0.25) is 12.3 Å². The summed E-state index contributed by atoms with van der Waals surface area (Å²) in [7, 11) is 0. The van der Waals surface area contributed by atoms with Crippen molar-refractivity contribution in [3.8, 4) is 0 Å². The maximum absolute atomic E-state index is 12.4. The third-order valence-corrected chi connectivity index (χ3v) is 5.27. The minimum Gasteiger partial charge on any atom is -0.381 e. The first-order valence-corrected chi connectivity index (χ1v) is 9.04. The molecule has 2 fully saturated rings. The average molecular weight is 366 g/mol. The Hall–Kier alpha value is -1.63. The third kappa shape index (κ3) is 4.32. The van der Waals surface area contributed by atoms with Gasteiger partial charge in [0.1, 0.15) is 0 Å². The number of amides is 2. The fraction of sp³-hybridized carbons (Fsp3) is 0.556. The monoisotopic (exact) mass is 365 g/mol. The first-order valence-electron chi connectivity index (χ1n) is 8.66. The lowest BCUT2D eigenvalue weighted by Gasteiger charge is -2.36. The van der Waals surface area contributed by atoms with Gasteiger partial charge in [-0.3, -0.25) is 14.5 Å². The molecule has 3 rings (SSSR count). The standard InChI is InChI=1S/C18H24ClN3O3/c1-13-15(8-16(19)9-17(13)20-12-23)10-21-3-5-22(6-4-21)18(24)14-2-7-25-11-14/h8-9,12,14H,2-7,10-11H2,1H3,(H,20,23). The molecule has 0 aliphatic carbocycles. The van der Waals surface area contributed by atoms with Crippen molar-refractivity contribution in [3.63, 3.8) is 0 Å². The van der Waals surface area contributed by atoms with E-state index in [2.05, 4.69) is 10.2 Å². The summed E-state index contributed by atoms with van der Waals surface area (Å²) in [5.41, 5.74) is 2.87. The largest absolute Gasteiger partial charge is 0.381 e. The highest BCUT2D eigenvalue weighted by Gasteiger charge is 2.30. The van der Waals surface area contributed by atoms with Crippen molar-refractivity contribution >= 4 is 29.6 Å². The van der Waals surface area contributed by atoms with Crippen LogP contribution in [-0.2, 0) is 20.9 Å². The van der Waals surface area contributed by atoms with Crippen LogP contribution >= 0.6 is 11.6 Å². The van der Waals surface area contributed by atoms with Gasteiger partial charge in [0.25, 0.3) is 0 Å². The Kier molecular flexibility index (Phi) is 5.93. The molecule has 1 aromatic carbocycles. The van der Waals surface area contributed by atoms with E-state index in [1.165, 1.54) is 0 Å². The maximum atomic E-state index is 12.4. The van der Waals surface area contributed by atoms with E-state index in [4.69, 9.17) is 16.3 Å². The van der Waals surface area contributed by atoms with E-state index >= 15 is 0 Å². The second-order valence-corrected chi connectivity index (χ2v) is 7.10. The zero-order valence-corrected chi connectivity index (χ0v) is 15.2. The van der Waals surface area contributed by atoms with Crippen LogP contribution in [-0.4, -0.2) is 61.5 Å². The van der Waals surface area contributed by atoms with Crippen molar-refractivity contribution in [2.24, 2.45) is 5.92 Å². The van der Waals surface area contributed by atoms with E-state index in [1.807, 2.05) is 17.9 Å². The molecule has 2 saturated heterocycles. The van der Waals surface area contributed by atoms with Gasteiger partial charge in [0.15, 0.2) is 0 Å². The molecule has 1 aromatic rings. The van der Waals surface area contributed by atoms with Crippen LogP contribution in [0, 0.1) is 12.8 Å². The average Bonchev–Trinajstić information content (AvgIpc) is 3.14. The van der Waals surface area contributed by atoms with Crippen LogP contribution in [0.3, 0.4) is 0 Å². The van der Waals surface area contributed by atoms with Gasteiger partial charge in [-0.2, -0.15) is 0 Å². The van der Waals surface area contributed by atoms with Gasteiger partial charge in [0, 0.05) is 50.0 Å². The van der Waals surface area contributed by atoms with Gasteiger partial charge in [-0.15, -0.1) is 0 Å². The highest BCUT2D eigenvalue weighted by Crippen LogP contribution is 2.26. The van der Waals surface area contributed by atoms with Crippen LogP contribution < -0.4 is 5.32 Å². The summed E-state index contributed by atoms with van der Waals surface area (Å²) in [5.74, 6) is 0.271. The first kappa shape index (κ1) is 18.2. The predicted molar refractivity (Wildman–Crippen MR) is 96.7 cm³/mol. The van der Waals surface area contributed by atoms with E-state index < -0.39 is 0 Å². The third-order valence-electron chi connectivity index (χ3n) is 5.05. The Balaban J connectivity index is 1.59. The zero-order valence-electron chi connectivity index (χ0n) is 14.5. The fourth-order valence-corrected chi connectivity index (χ4v) is 3.71. The molecule has 0 radical (unpaired) electrons. The molecule has 2 aliphatic rings. The summed E-state index contributed by atoms with van der Waals surface area (Å²) in [6, 6.07) is 3.70. The molecule has 0 spiro atoms. The lowest BCUT2D eigenvalue weighted by molar-refractivity contribution is -0.137. The molecule has 0 bridgehead atoms. The molecule has 2 heterocycles. The number of hydrogen-bond donors (Lipinski definition) is 1.